The summed E-state index contributed by atoms with van der Waals surface area (Å²) in [6.45, 7) is 4.48. The van der Waals surface area contributed by atoms with Crippen molar-refractivity contribution < 1.29 is 18.5 Å². The van der Waals surface area contributed by atoms with Gasteiger partial charge in [0.15, 0.2) is 0 Å². The average molecular weight is 346 g/mol. The predicted octanol–water partition coefficient (Wildman–Crippen LogP) is -1.62. The summed E-state index contributed by atoms with van der Waals surface area (Å²) < 4.78 is 29.2. The fourth-order valence-electron chi connectivity index (χ4n) is 3.07. The molecular formula is C13H27BN4O4S. The fourth-order valence-corrected chi connectivity index (χ4v) is 4.81. The minimum Gasteiger partial charge on any atom is -0.427 e. The van der Waals surface area contributed by atoms with Gasteiger partial charge in [-0.2, -0.15) is 17.4 Å². The standard InChI is InChI=1S/C13H27BN4O4S/c1-2-13(16)10-18(8-11(13)4-3-7-14(19)20)23(21,22)17-12(9-15)5-6-12/h2,11,17,19-20H,1,3-10,15-16H2/t11-,13-/m0/s1. The van der Waals surface area contributed by atoms with Crippen LogP contribution in [0.2, 0.25) is 6.32 Å². The van der Waals surface area contributed by atoms with Crippen molar-refractivity contribution in [2.45, 2.75) is 43.1 Å². The van der Waals surface area contributed by atoms with Gasteiger partial charge in [0.2, 0.25) is 0 Å². The Morgan fingerprint density at radius 2 is 2.09 bits per heavy atom. The van der Waals surface area contributed by atoms with E-state index in [-0.39, 0.29) is 25.3 Å². The van der Waals surface area contributed by atoms with Gasteiger partial charge in [-0.1, -0.05) is 12.5 Å². The highest BCUT2D eigenvalue weighted by atomic mass is 32.2. The number of rotatable bonds is 9. The van der Waals surface area contributed by atoms with E-state index in [9.17, 15) is 8.42 Å². The zero-order chi connectivity index (χ0) is 17.3. The van der Waals surface area contributed by atoms with Gasteiger partial charge in [-0.15, -0.1) is 6.58 Å². The second-order valence-electron chi connectivity index (χ2n) is 6.81. The lowest BCUT2D eigenvalue weighted by Crippen LogP contribution is -2.51. The summed E-state index contributed by atoms with van der Waals surface area (Å²) in [6.07, 6.45) is 4.51. The van der Waals surface area contributed by atoms with Crippen molar-refractivity contribution in [1.29, 1.82) is 0 Å². The fraction of sp³-hybridized carbons (Fsp3) is 0.846. The summed E-state index contributed by atoms with van der Waals surface area (Å²) in [7, 11) is -5.00. The molecule has 0 unspecified atom stereocenters. The first-order chi connectivity index (χ1) is 10.7. The summed E-state index contributed by atoms with van der Waals surface area (Å²) in [5.41, 5.74) is 10.7. The summed E-state index contributed by atoms with van der Waals surface area (Å²) in [5, 5.41) is 17.9. The lowest BCUT2D eigenvalue weighted by molar-refractivity contribution is 0.370. The summed E-state index contributed by atoms with van der Waals surface area (Å²) in [5.74, 6) is -0.108. The molecule has 1 aliphatic heterocycles. The van der Waals surface area contributed by atoms with E-state index in [2.05, 4.69) is 11.3 Å². The van der Waals surface area contributed by atoms with E-state index >= 15 is 0 Å². The van der Waals surface area contributed by atoms with E-state index in [4.69, 9.17) is 21.5 Å². The van der Waals surface area contributed by atoms with Crippen molar-refractivity contribution in [3.8, 4) is 0 Å². The zero-order valence-corrected chi connectivity index (χ0v) is 14.1. The SMILES string of the molecule is C=C[C@]1(N)CN(S(=O)(=O)NC2(CN)CC2)C[C@@H]1CCCB(O)O. The first-order valence-electron chi connectivity index (χ1n) is 7.94. The van der Waals surface area contributed by atoms with Gasteiger partial charge in [0.25, 0.3) is 10.2 Å². The molecule has 132 valence electrons. The molecule has 7 N–H and O–H groups in total. The van der Waals surface area contributed by atoms with Crippen LogP contribution in [0.3, 0.4) is 0 Å². The Morgan fingerprint density at radius 1 is 1.43 bits per heavy atom. The number of nitrogens with two attached hydrogens (primary N) is 2. The monoisotopic (exact) mass is 346 g/mol. The maximum atomic E-state index is 12.6. The van der Waals surface area contributed by atoms with Gasteiger partial charge in [0.1, 0.15) is 0 Å². The first kappa shape index (κ1) is 18.8. The maximum Gasteiger partial charge on any atom is 0.451 e. The van der Waals surface area contributed by atoms with Crippen LogP contribution in [0.4, 0.5) is 0 Å². The molecule has 0 aromatic carbocycles. The highest BCUT2D eigenvalue weighted by Crippen LogP contribution is 2.37. The summed E-state index contributed by atoms with van der Waals surface area (Å²) >= 11 is 0. The lowest BCUT2D eigenvalue weighted by atomic mass is 9.78. The van der Waals surface area contributed by atoms with Crippen molar-refractivity contribution in [3.05, 3.63) is 12.7 Å². The van der Waals surface area contributed by atoms with Gasteiger partial charge >= 0.3 is 7.12 Å². The Bertz CT molecular complexity index is 540. The van der Waals surface area contributed by atoms with E-state index < -0.39 is 28.4 Å². The number of hydrogen-bond donors (Lipinski definition) is 5. The minimum atomic E-state index is -3.65. The molecule has 0 aromatic rings. The van der Waals surface area contributed by atoms with E-state index in [1.165, 1.54) is 4.31 Å². The molecule has 1 aliphatic carbocycles. The van der Waals surface area contributed by atoms with Crippen molar-refractivity contribution in [1.82, 2.24) is 9.03 Å². The van der Waals surface area contributed by atoms with Crippen LogP contribution in [0, 0.1) is 5.92 Å². The molecule has 0 spiro atoms. The largest absolute Gasteiger partial charge is 0.451 e. The van der Waals surface area contributed by atoms with Gasteiger partial charge in [-0.3, -0.25) is 0 Å². The molecule has 8 nitrogen and oxygen atoms in total. The van der Waals surface area contributed by atoms with Gasteiger partial charge in [0, 0.05) is 25.2 Å². The molecule has 0 aromatic heterocycles. The molecule has 2 rings (SSSR count). The Hall–Kier alpha value is -0.485. The lowest BCUT2D eigenvalue weighted by Gasteiger charge is -2.26. The van der Waals surface area contributed by atoms with Crippen LogP contribution in [0.15, 0.2) is 12.7 Å². The smallest absolute Gasteiger partial charge is 0.427 e. The van der Waals surface area contributed by atoms with Crippen LogP contribution < -0.4 is 16.2 Å². The average Bonchev–Trinajstić information content (AvgIpc) is 3.15. The molecule has 2 atom stereocenters. The topological polar surface area (TPSA) is 142 Å². The van der Waals surface area contributed by atoms with E-state index in [0.717, 1.165) is 12.8 Å². The van der Waals surface area contributed by atoms with Crippen LogP contribution in [-0.4, -0.2) is 60.6 Å². The van der Waals surface area contributed by atoms with Crippen LogP contribution >= 0.6 is 0 Å². The minimum absolute atomic E-state index is 0.108. The van der Waals surface area contributed by atoms with Gasteiger partial charge in [-0.05, 0) is 31.5 Å². The van der Waals surface area contributed by atoms with Crippen molar-refractivity contribution in [2.75, 3.05) is 19.6 Å². The molecule has 10 heteroatoms. The highest BCUT2D eigenvalue weighted by Gasteiger charge is 2.50. The summed E-state index contributed by atoms with van der Waals surface area (Å²) in [6, 6.07) is 0. The molecule has 0 bridgehead atoms. The Labute approximate surface area is 138 Å². The van der Waals surface area contributed by atoms with Crippen molar-refractivity contribution >= 4 is 17.3 Å². The third kappa shape index (κ3) is 4.33. The van der Waals surface area contributed by atoms with Gasteiger partial charge < -0.3 is 21.5 Å². The van der Waals surface area contributed by atoms with Crippen LogP contribution in [-0.2, 0) is 10.2 Å². The molecular weight excluding hydrogens is 319 g/mol. The van der Waals surface area contributed by atoms with E-state index in [1.807, 2.05) is 0 Å². The highest BCUT2D eigenvalue weighted by molar-refractivity contribution is 7.87. The van der Waals surface area contributed by atoms with Gasteiger partial charge in [-0.25, -0.2) is 0 Å². The molecule has 1 heterocycles. The maximum absolute atomic E-state index is 12.6. The molecule has 0 amide bonds. The third-order valence-electron chi connectivity index (χ3n) is 4.96. The first-order valence-corrected chi connectivity index (χ1v) is 9.38. The molecule has 2 fully saturated rings. The number of nitrogens with zero attached hydrogens (tertiary/aromatic N) is 1. The molecule has 0 radical (unpaired) electrons. The molecule has 23 heavy (non-hydrogen) atoms. The van der Waals surface area contributed by atoms with Crippen LogP contribution in [0.1, 0.15) is 25.7 Å². The predicted molar refractivity (Wildman–Crippen MR) is 89.5 cm³/mol. The van der Waals surface area contributed by atoms with Gasteiger partial charge in [0.05, 0.1) is 5.54 Å². The number of hydrogen-bond acceptors (Lipinski definition) is 6. The zero-order valence-electron chi connectivity index (χ0n) is 13.3. The molecule has 1 saturated heterocycles. The molecule has 2 aliphatic rings. The third-order valence-corrected chi connectivity index (χ3v) is 6.61. The number of nitrogens with one attached hydrogen (secondary N) is 1. The normalized spacial score (nSPS) is 30.3. The van der Waals surface area contributed by atoms with E-state index in [0.29, 0.717) is 19.4 Å². The van der Waals surface area contributed by atoms with Crippen molar-refractivity contribution in [2.24, 2.45) is 17.4 Å². The Kier molecular flexibility index (Phi) is 5.57. The Morgan fingerprint density at radius 3 is 2.57 bits per heavy atom. The van der Waals surface area contributed by atoms with Crippen LogP contribution in [0.5, 0.6) is 0 Å². The quantitative estimate of drug-likeness (QED) is 0.251. The van der Waals surface area contributed by atoms with Crippen molar-refractivity contribution in [3.63, 3.8) is 0 Å². The summed E-state index contributed by atoms with van der Waals surface area (Å²) in [4.78, 5) is 0. The van der Waals surface area contributed by atoms with Crippen LogP contribution in [0.25, 0.3) is 0 Å². The Balaban J connectivity index is 2.03. The second-order valence-corrected chi connectivity index (χ2v) is 8.48. The molecule has 1 saturated carbocycles. The van der Waals surface area contributed by atoms with E-state index in [1.54, 1.807) is 6.08 Å². The second kappa shape index (κ2) is 6.79.